The standard InChI is InChI=1S/C18H23N3/c1-12-10-14(11-19-13(12)2)17-15-8-6-7-9-16(15)21(5)18(3,4)20-17/h6-11,17,20H,1-5H3. The molecule has 0 amide bonds. The molecule has 2 heterocycles. The van der Waals surface area contributed by atoms with Gasteiger partial charge in [-0.05, 0) is 50.5 Å². The Kier molecular flexibility index (Phi) is 3.25. The zero-order valence-corrected chi connectivity index (χ0v) is 13.4. The van der Waals surface area contributed by atoms with E-state index in [-0.39, 0.29) is 11.7 Å². The maximum Gasteiger partial charge on any atom is 0.0855 e. The normalized spacial score (nSPS) is 20.2. The Morgan fingerprint density at radius 3 is 2.62 bits per heavy atom. The Hall–Kier alpha value is -1.87. The summed E-state index contributed by atoms with van der Waals surface area (Å²) >= 11 is 0. The quantitative estimate of drug-likeness (QED) is 0.866. The Bertz CT molecular complexity index is 676. The van der Waals surface area contributed by atoms with E-state index in [2.05, 4.69) is 80.3 Å². The first kappa shape index (κ1) is 14.1. The minimum Gasteiger partial charge on any atom is -0.357 e. The van der Waals surface area contributed by atoms with Crippen LogP contribution in [0.3, 0.4) is 0 Å². The number of aromatic nitrogens is 1. The van der Waals surface area contributed by atoms with Gasteiger partial charge in [-0.25, -0.2) is 0 Å². The Labute approximate surface area is 127 Å². The number of aryl methyl sites for hydroxylation is 2. The van der Waals surface area contributed by atoms with Crippen molar-refractivity contribution in [3.63, 3.8) is 0 Å². The summed E-state index contributed by atoms with van der Waals surface area (Å²) in [4.78, 5) is 6.84. The molecule has 1 aliphatic heterocycles. The maximum atomic E-state index is 4.54. The third-order valence-corrected chi connectivity index (χ3v) is 4.64. The van der Waals surface area contributed by atoms with Gasteiger partial charge in [-0.3, -0.25) is 10.3 Å². The summed E-state index contributed by atoms with van der Waals surface area (Å²) < 4.78 is 0. The molecule has 3 rings (SSSR count). The highest BCUT2D eigenvalue weighted by Crippen LogP contribution is 2.38. The van der Waals surface area contributed by atoms with Crippen molar-refractivity contribution in [2.75, 3.05) is 11.9 Å². The fourth-order valence-corrected chi connectivity index (χ4v) is 2.95. The van der Waals surface area contributed by atoms with Crippen molar-refractivity contribution >= 4 is 5.69 Å². The van der Waals surface area contributed by atoms with Gasteiger partial charge in [0.15, 0.2) is 0 Å². The van der Waals surface area contributed by atoms with Crippen molar-refractivity contribution in [1.29, 1.82) is 0 Å². The molecule has 1 unspecified atom stereocenters. The lowest BCUT2D eigenvalue weighted by Crippen LogP contribution is -2.57. The lowest BCUT2D eigenvalue weighted by molar-refractivity contribution is 0.335. The van der Waals surface area contributed by atoms with Crippen molar-refractivity contribution in [2.24, 2.45) is 0 Å². The van der Waals surface area contributed by atoms with E-state index in [1.165, 1.54) is 22.4 Å². The Balaban J connectivity index is 2.14. The average Bonchev–Trinajstić information content (AvgIpc) is 2.46. The number of fused-ring (bicyclic) bond motifs is 1. The van der Waals surface area contributed by atoms with Gasteiger partial charge in [0.2, 0.25) is 0 Å². The van der Waals surface area contributed by atoms with Crippen LogP contribution in [-0.4, -0.2) is 17.7 Å². The molecule has 0 radical (unpaired) electrons. The molecule has 1 aromatic carbocycles. The molecule has 0 aliphatic carbocycles. The first-order valence-electron chi connectivity index (χ1n) is 7.44. The van der Waals surface area contributed by atoms with Crippen molar-refractivity contribution in [3.8, 4) is 0 Å². The fraction of sp³-hybridized carbons (Fsp3) is 0.389. The molecule has 1 atom stereocenters. The topological polar surface area (TPSA) is 28.2 Å². The second-order valence-corrected chi connectivity index (χ2v) is 6.43. The second kappa shape index (κ2) is 4.85. The predicted molar refractivity (Wildman–Crippen MR) is 87.6 cm³/mol. The molecule has 0 saturated heterocycles. The van der Waals surface area contributed by atoms with Gasteiger partial charge in [-0.15, -0.1) is 0 Å². The van der Waals surface area contributed by atoms with E-state index in [1.807, 2.05) is 6.20 Å². The van der Waals surface area contributed by atoms with E-state index in [4.69, 9.17) is 0 Å². The van der Waals surface area contributed by atoms with Crippen LogP contribution in [-0.2, 0) is 0 Å². The van der Waals surface area contributed by atoms with Gasteiger partial charge in [0.05, 0.1) is 11.7 Å². The van der Waals surface area contributed by atoms with Crippen LogP contribution in [0.5, 0.6) is 0 Å². The molecule has 0 bridgehead atoms. The smallest absolute Gasteiger partial charge is 0.0855 e. The van der Waals surface area contributed by atoms with Gasteiger partial charge in [-0.2, -0.15) is 0 Å². The Morgan fingerprint density at radius 1 is 1.19 bits per heavy atom. The molecule has 1 N–H and O–H groups in total. The van der Waals surface area contributed by atoms with Crippen LogP contribution in [0.2, 0.25) is 0 Å². The van der Waals surface area contributed by atoms with Gasteiger partial charge < -0.3 is 4.90 Å². The summed E-state index contributed by atoms with van der Waals surface area (Å²) in [7, 11) is 2.14. The average molecular weight is 281 g/mol. The molecular formula is C18H23N3. The maximum absolute atomic E-state index is 4.54. The van der Waals surface area contributed by atoms with Crippen molar-refractivity contribution < 1.29 is 0 Å². The second-order valence-electron chi connectivity index (χ2n) is 6.43. The number of para-hydroxylation sites is 1. The van der Waals surface area contributed by atoms with Gasteiger partial charge in [0.1, 0.15) is 0 Å². The molecule has 1 aromatic heterocycles. The van der Waals surface area contributed by atoms with Gasteiger partial charge in [0, 0.05) is 24.6 Å². The lowest BCUT2D eigenvalue weighted by Gasteiger charge is -2.47. The van der Waals surface area contributed by atoms with Crippen LogP contribution in [0.25, 0.3) is 0 Å². The van der Waals surface area contributed by atoms with Crippen molar-refractivity contribution in [3.05, 3.63) is 58.9 Å². The number of hydrogen-bond donors (Lipinski definition) is 1. The van der Waals surface area contributed by atoms with Gasteiger partial charge in [-0.1, -0.05) is 24.3 Å². The number of anilines is 1. The molecule has 110 valence electrons. The fourth-order valence-electron chi connectivity index (χ4n) is 2.95. The number of rotatable bonds is 1. The summed E-state index contributed by atoms with van der Waals surface area (Å²) in [6.07, 6.45) is 2.00. The Morgan fingerprint density at radius 2 is 1.90 bits per heavy atom. The molecule has 1 aliphatic rings. The van der Waals surface area contributed by atoms with Crippen LogP contribution in [0.1, 0.15) is 42.3 Å². The van der Waals surface area contributed by atoms with Gasteiger partial charge in [0.25, 0.3) is 0 Å². The highest BCUT2D eigenvalue weighted by atomic mass is 15.3. The first-order valence-corrected chi connectivity index (χ1v) is 7.44. The van der Waals surface area contributed by atoms with Crippen molar-refractivity contribution in [1.82, 2.24) is 10.3 Å². The summed E-state index contributed by atoms with van der Waals surface area (Å²) in [6.45, 7) is 8.60. The molecule has 2 aromatic rings. The predicted octanol–water partition coefficient (Wildman–Crippen LogP) is 3.56. The van der Waals surface area contributed by atoms with Crippen LogP contribution in [0.15, 0.2) is 36.5 Å². The van der Waals surface area contributed by atoms with E-state index < -0.39 is 0 Å². The van der Waals surface area contributed by atoms with Crippen LogP contribution >= 0.6 is 0 Å². The lowest BCUT2D eigenvalue weighted by atomic mass is 9.91. The monoisotopic (exact) mass is 281 g/mol. The number of benzene rings is 1. The van der Waals surface area contributed by atoms with Crippen LogP contribution in [0, 0.1) is 13.8 Å². The number of nitrogens with one attached hydrogen (secondary N) is 1. The molecule has 0 saturated carbocycles. The number of pyridine rings is 1. The van der Waals surface area contributed by atoms with E-state index >= 15 is 0 Å². The molecule has 0 fully saturated rings. The van der Waals surface area contributed by atoms with Crippen LogP contribution < -0.4 is 10.2 Å². The van der Waals surface area contributed by atoms with Crippen molar-refractivity contribution in [2.45, 2.75) is 39.4 Å². The zero-order valence-electron chi connectivity index (χ0n) is 13.4. The minimum atomic E-state index is -0.0994. The molecule has 21 heavy (non-hydrogen) atoms. The van der Waals surface area contributed by atoms with E-state index in [0.717, 1.165) is 5.69 Å². The highest BCUT2D eigenvalue weighted by Gasteiger charge is 2.35. The van der Waals surface area contributed by atoms with Crippen LogP contribution in [0.4, 0.5) is 5.69 Å². The molecule has 3 nitrogen and oxygen atoms in total. The van der Waals surface area contributed by atoms with E-state index in [9.17, 15) is 0 Å². The SMILES string of the molecule is Cc1cc(C2NC(C)(C)N(C)c3ccccc32)cnc1C. The van der Waals surface area contributed by atoms with E-state index in [1.54, 1.807) is 0 Å². The number of hydrogen-bond acceptors (Lipinski definition) is 3. The number of nitrogens with zero attached hydrogens (tertiary/aromatic N) is 2. The largest absolute Gasteiger partial charge is 0.357 e. The summed E-state index contributed by atoms with van der Waals surface area (Å²) in [5, 5.41) is 3.75. The highest BCUT2D eigenvalue weighted by molar-refractivity contribution is 5.60. The minimum absolute atomic E-state index is 0.0994. The van der Waals surface area contributed by atoms with Gasteiger partial charge >= 0.3 is 0 Å². The summed E-state index contributed by atoms with van der Waals surface area (Å²) in [5.74, 6) is 0. The molecular weight excluding hydrogens is 258 g/mol. The zero-order chi connectivity index (χ0) is 15.2. The third-order valence-electron chi connectivity index (χ3n) is 4.64. The molecule has 0 spiro atoms. The first-order chi connectivity index (χ1) is 9.90. The molecule has 3 heteroatoms. The third kappa shape index (κ3) is 2.32. The summed E-state index contributed by atoms with van der Waals surface area (Å²) in [6, 6.07) is 11.0. The van der Waals surface area contributed by atoms with E-state index in [0.29, 0.717) is 0 Å². The summed E-state index contributed by atoms with van der Waals surface area (Å²) in [5.41, 5.74) is 6.06.